The lowest BCUT2D eigenvalue weighted by Crippen LogP contribution is -2.22. The molecule has 1 heterocycles. The predicted octanol–water partition coefficient (Wildman–Crippen LogP) is 0.917. The number of phenols is 1. The molecule has 1 aromatic carbocycles. The molecule has 0 unspecified atom stereocenters. The standard InChI is InChI=1S/C12H11NO6/c14-7-1-2-9(8(5-7)12(16)17)13-11(15)10-6-18-3-4-19-10/h1-2,5-6,14H,3-4H2,(H,13,15)(H,16,17). The summed E-state index contributed by atoms with van der Waals surface area (Å²) in [5, 5.41) is 20.6. The second-order valence-corrected chi connectivity index (χ2v) is 3.69. The second kappa shape index (κ2) is 5.30. The molecule has 7 nitrogen and oxygen atoms in total. The molecule has 1 aliphatic rings. The molecule has 0 saturated heterocycles. The summed E-state index contributed by atoms with van der Waals surface area (Å²) in [5.41, 5.74) is -0.156. The fraction of sp³-hybridized carbons (Fsp3) is 0.167. The fourth-order valence-electron chi connectivity index (χ4n) is 1.49. The van der Waals surface area contributed by atoms with E-state index in [0.29, 0.717) is 6.61 Å². The molecule has 0 aliphatic carbocycles. The van der Waals surface area contributed by atoms with Gasteiger partial charge in [0.2, 0.25) is 5.76 Å². The highest BCUT2D eigenvalue weighted by Gasteiger charge is 2.18. The number of aromatic carboxylic acids is 1. The third-order valence-electron chi connectivity index (χ3n) is 2.35. The summed E-state index contributed by atoms with van der Waals surface area (Å²) in [6.45, 7) is 0.608. The van der Waals surface area contributed by atoms with E-state index in [1.165, 1.54) is 18.4 Å². The van der Waals surface area contributed by atoms with Crippen LogP contribution in [0.2, 0.25) is 0 Å². The Morgan fingerprint density at radius 2 is 2.05 bits per heavy atom. The molecule has 1 aliphatic heterocycles. The minimum Gasteiger partial charge on any atom is -0.508 e. The van der Waals surface area contributed by atoms with E-state index in [2.05, 4.69) is 5.32 Å². The molecule has 0 fully saturated rings. The number of rotatable bonds is 3. The number of hydrogen-bond acceptors (Lipinski definition) is 5. The van der Waals surface area contributed by atoms with Crippen molar-refractivity contribution in [3.8, 4) is 5.75 Å². The van der Waals surface area contributed by atoms with Crippen LogP contribution in [0, 0.1) is 0 Å². The van der Waals surface area contributed by atoms with Crippen molar-refractivity contribution in [2.75, 3.05) is 18.5 Å². The Bertz CT molecular complexity index is 551. The molecule has 3 N–H and O–H groups in total. The Morgan fingerprint density at radius 1 is 1.26 bits per heavy atom. The summed E-state index contributed by atoms with van der Waals surface area (Å²) < 4.78 is 10.00. The zero-order valence-corrected chi connectivity index (χ0v) is 9.75. The molecule has 0 radical (unpaired) electrons. The lowest BCUT2D eigenvalue weighted by molar-refractivity contribution is -0.117. The largest absolute Gasteiger partial charge is 0.508 e. The highest BCUT2D eigenvalue weighted by atomic mass is 16.6. The van der Waals surface area contributed by atoms with Crippen LogP contribution >= 0.6 is 0 Å². The van der Waals surface area contributed by atoms with E-state index in [4.69, 9.17) is 14.6 Å². The van der Waals surface area contributed by atoms with Crippen LogP contribution in [0.1, 0.15) is 10.4 Å². The summed E-state index contributed by atoms with van der Waals surface area (Å²) in [6, 6.07) is 3.61. The topological polar surface area (TPSA) is 105 Å². The van der Waals surface area contributed by atoms with Crippen molar-refractivity contribution in [3.05, 3.63) is 35.8 Å². The van der Waals surface area contributed by atoms with Crippen molar-refractivity contribution in [1.82, 2.24) is 0 Å². The average Bonchev–Trinajstić information content (AvgIpc) is 2.41. The van der Waals surface area contributed by atoms with Crippen LogP contribution in [0.4, 0.5) is 5.69 Å². The maximum absolute atomic E-state index is 11.8. The number of carbonyl (C=O) groups is 2. The van der Waals surface area contributed by atoms with E-state index in [0.717, 1.165) is 6.07 Å². The quantitative estimate of drug-likeness (QED) is 0.702. The smallest absolute Gasteiger partial charge is 0.337 e. The number of ether oxygens (including phenoxy) is 2. The van der Waals surface area contributed by atoms with E-state index in [-0.39, 0.29) is 29.4 Å². The van der Waals surface area contributed by atoms with Crippen molar-refractivity contribution in [3.63, 3.8) is 0 Å². The van der Waals surface area contributed by atoms with Gasteiger partial charge in [0.25, 0.3) is 5.91 Å². The van der Waals surface area contributed by atoms with Crippen molar-refractivity contribution >= 4 is 17.6 Å². The Labute approximate surface area is 108 Å². The molecule has 2 rings (SSSR count). The molecule has 0 bridgehead atoms. The third kappa shape index (κ3) is 2.95. The summed E-state index contributed by atoms with van der Waals surface area (Å²) in [5.74, 6) is -2.11. The average molecular weight is 265 g/mol. The van der Waals surface area contributed by atoms with Crippen LogP contribution in [0.5, 0.6) is 5.75 Å². The van der Waals surface area contributed by atoms with Gasteiger partial charge in [0.1, 0.15) is 25.2 Å². The van der Waals surface area contributed by atoms with Gasteiger partial charge < -0.3 is 25.0 Å². The highest BCUT2D eigenvalue weighted by molar-refractivity contribution is 6.06. The summed E-state index contributed by atoms with van der Waals surface area (Å²) in [4.78, 5) is 22.8. The maximum atomic E-state index is 11.8. The number of phenolic OH excluding ortho intramolecular Hbond substituents is 1. The Balaban J connectivity index is 2.21. The zero-order chi connectivity index (χ0) is 13.8. The van der Waals surface area contributed by atoms with Gasteiger partial charge in [-0.2, -0.15) is 0 Å². The van der Waals surface area contributed by atoms with Gasteiger partial charge in [-0.3, -0.25) is 4.79 Å². The minimum atomic E-state index is -1.26. The number of aromatic hydroxyl groups is 1. The predicted molar refractivity (Wildman–Crippen MR) is 63.7 cm³/mol. The number of carboxylic acids is 1. The van der Waals surface area contributed by atoms with Gasteiger partial charge in [-0.1, -0.05) is 0 Å². The van der Waals surface area contributed by atoms with Gasteiger partial charge in [0.15, 0.2) is 0 Å². The lowest BCUT2D eigenvalue weighted by atomic mass is 10.1. The number of anilines is 1. The van der Waals surface area contributed by atoms with Crippen molar-refractivity contribution < 1.29 is 29.3 Å². The van der Waals surface area contributed by atoms with Crippen molar-refractivity contribution in [2.24, 2.45) is 0 Å². The zero-order valence-electron chi connectivity index (χ0n) is 9.75. The molecule has 100 valence electrons. The van der Waals surface area contributed by atoms with E-state index < -0.39 is 11.9 Å². The molecule has 7 heteroatoms. The maximum Gasteiger partial charge on any atom is 0.337 e. The van der Waals surface area contributed by atoms with E-state index >= 15 is 0 Å². The molecule has 0 spiro atoms. The van der Waals surface area contributed by atoms with Crippen molar-refractivity contribution in [2.45, 2.75) is 0 Å². The van der Waals surface area contributed by atoms with Crippen LogP contribution in [-0.2, 0) is 14.3 Å². The normalized spacial score (nSPS) is 13.8. The number of nitrogens with one attached hydrogen (secondary N) is 1. The first kappa shape index (κ1) is 12.7. The Hall–Kier alpha value is -2.70. The number of benzene rings is 1. The Morgan fingerprint density at radius 3 is 2.68 bits per heavy atom. The lowest BCUT2D eigenvalue weighted by Gasteiger charge is -2.15. The van der Waals surface area contributed by atoms with Crippen LogP contribution in [-0.4, -0.2) is 35.3 Å². The fourth-order valence-corrected chi connectivity index (χ4v) is 1.49. The van der Waals surface area contributed by atoms with E-state index in [1.807, 2.05) is 0 Å². The molecule has 19 heavy (non-hydrogen) atoms. The summed E-state index contributed by atoms with van der Waals surface area (Å²) in [6.07, 6.45) is 1.17. The molecule has 1 aromatic rings. The number of carboxylic acid groups (broad SMARTS) is 1. The third-order valence-corrected chi connectivity index (χ3v) is 2.35. The second-order valence-electron chi connectivity index (χ2n) is 3.69. The van der Waals surface area contributed by atoms with E-state index in [9.17, 15) is 14.7 Å². The summed E-state index contributed by atoms with van der Waals surface area (Å²) in [7, 11) is 0. The van der Waals surface area contributed by atoms with Gasteiger partial charge in [0, 0.05) is 0 Å². The molecule has 1 amide bonds. The molecular weight excluding hydrogens is 254 g/mol. The molecular formula is C12H11NO6. The number of amides is 1. The monoisotopic (exact) mass is 265 g/mol. The van der Waals surface area contributed by atoms with Crippen LogP contribution < -0.4 is 5.32 Å². The van der Waals surface area contributed by atoms with Gasteiger partial charge in [-0.15, -0.1) is 0 Å². The SMILES string of the molecule is O=C(Nc1ccc(O)cc1C(=O)O)C1=COCCO1. The van der Waals surface area contributed by atoms with Gasteiger partial charge in [0.05, 0.1) is 11.3 Å². The Kier molecular flexibility index (Phi) is 3.56. The minimum absolute atomic E-state index is 0.0318. The van der Waals surface area contributed by atoms with Crippen LogP contribution in [0.25, 0.3) is 0 Å². The summed E-state index contributed by atoms with van der Waals surface area (Å²) >= 11 is 0. The highest BCUT2D eigenvalue weighted by Crippen LogP contribution is 2.22. The first-order chi connectivity index (χ1) is 9.08. The van der Waals surface area contributed by atoms with Gasteiger partial charge >= 0.3 is 5.97 Å². The van der Waals surface area contributed by atoms with Crippen LogP contribution in [0.15, 0.2) is 30.2 Å². The van der Waals surface area contributed by atoms with Crippen molar-refractivity contribution in [1.29, 1.82) is 0 Å². The first-order valence-corrected chi connectivity index (χ1v) is 5.40. The first-order valence-electron chi connectivity index (χ1n) is 5.40. The van der Waals surface area contributed by atoms with Crippen LogP contribution in [0.3, 0.4) is 0 Å². The van der Waals surface area contributed by atoms with Gasteiger partial charge in [-0.25, -0.2) is 4.79 Å². The number of hydrogen-bond donors (Lipinski definition) is 3. The molecule has 0 saturated carbocycles. The number of carbonyl (C=O) groups excluding carboxylic acids is 1. The molecule has 0 atom stereocenters. The molecule has 0 aromatic heterocycles. The van der Waals surface area contributed by atoms with Gasteiger partial charge in [-0.05, 0) is 18.2 Å². The van der Waals surface area contributed by atoms with E-state index in [1.54, 1.807) is 0 Å².